The maximum atomic E-state index is 11.9. The molecule has 2 saturated heterocycles. The second-order valence-electron chi connectivity index (χ2n) is 4.84. The Morgan fingerprint density at radius 1 is 1.40 bits per heavy atom. The highest BCUT2D eigenvalue weighted by Crippen LogP contribution is 2.41. The predicted octanol–water partition coefficient (Wildman–Crippen LogP) is 1.59. The van der Waals surface area contributed by atoms with Gasteiger partial charge in [0.1, 0.15) is 0 Å². The van der Waals surface area contributed by atoms with Crippen molar-refractivity contribution in [2.24, 2.45) is 0 Å². The first-order chi connectivity index (χ1) is 7.14. The van der Waals surface area contributed by atoms with Crippen LogP contribution in [0.2, 0.25) is 0 Å². The van der Waals surface area contributed by atoms with Crippen molar-refractivity contribution in [3.8, 4) is 12.3 Å². The lowest BCUT2D eigenvalue weighted by molar-refractivity contribution is 0.00447. The first kappa shape index (κ1) is 11.2. The SMILES string of the molecule is C#CCCC1(O)CC2CCCC(C1)S2=O. The van der Waals surface area contributed by atoms with E-state index in [1.54, 1.807) is 0 Å². The van der Waals surface area contributed by atoms with Crippen molar-refractivity contribution in [2.45, 2.75) is 61.0 Å². The summed E-state index contributed by atoms with van der Waals surface area (Å²) < 4.78 is 11.9. The van der Waals surface area contributed by atoms with Gasteiger partial charge >= 0.3 is 0 Å². The molecule has 15 heavy (non-hydrogen) atoms. The highest BCUT2D eigenvalue weighted by Gasteiger charge is 2.44. The molecule has 2 rings (SSSR count). The molecule has 1 N–H and O–H groups in total. The molecule has 0 amide bonds. The lowest BCUT2D eigenvalue weighted by Gasteiger charge is -2.43. The van der Waals surface area contributed by atoms with Crippen molar-refractivity contribution < 1.29 is 9.32 Å². The maximum absolute atomic E-state index is 11.9. The molecule has 84 valence electrons. The average molecular weight is 226 g/mol. The van der Waals surface area contributed by atoms with Gasteiger partial charge in [0.25, 0.3) is 0 Å². The average Bonchev–Trinajstić information content (AvgIpc) is 2.18. The molecule has 2 aliphatic heterocycles. The number of rotatable bonds is 2. The standard InChI is InChI=1S/C12H18O2S/c1-2-3-7-12(13)8-10-5-4-6-11(9-12)15(10)14/h1,10-11,13H,3-9H2. The van der Waals surface area contributed by atoms with Crippen molar-refractivity contribution in [1.82, 2.24) is 0 Å². The Bertz CT molecular complexity index is 289. The molecular weight excluding hydrogens is 208 g/mol. The van der Waals surface area contributed by atoms with Crippen molar-refractivity contribution >= 4 is 10.8 Å². The van der Waals surface area contributed by atoms with E-state index >= 15 is 0 Å². The normalized spacial score (nSPS) is 44.7. The van der Waals surface area contributed by atoms with Gasteiger partial charge in [-0.3, -0.25) is 4.21 Å². The van der Waals surface area contributed by atoms with Gasteiger partial charge in [0.15, 0.2) is 0 Å². The van der Waals surface area contributed by atoms with Crippen LogP contribution in [0.15, 0.2) is 0 Å². The van der Waals surface area contributed by atoms with Gasteiger partial charge in [0.2, 0.25) is 0 Å². The summed E-state index contributed by atoms with van der Waals surface area (Å²) in [5, 5.41) is 10.8. The third kappa shape index (κ3) is 2.26. The van der Waals surface area contributed by atoms with Gasteiger partial charge in [-0.2, -0.15) is 0 Å². The number of aliphatic hydroxyl groups is 1. The summed E-state index contributed by atoms with van der Waals surface area (Å²) in [5.74, 6) is 2.58. The smallest absolute Gasteiger partial charge is 0.0679 e. The Labute approximate surface area is 93.9 Å². The van der Waals surface area contributed by atoms with Crippen molar-refractivity contribution in [2.75, 3.05) is 0 Å². The molecule has 2 fully saturated rings. The molecule has 2 atom stereocenters. The Morgan fingerprint density at radius 3 is 2.53 bits per heavy atom. The molecule has 0 aromatic heterocycles. The Balaban J connectivity index is 2.06. The van der Waals surface area contributed by atoms with E-state index in [4.69, 9.17) is 6.42 Å². The number of hydrogen-bond acceptors (Lipinski definition) is 2. The molecule has 0 saturated carbocycles. The number of hydrogen-bond donors (Lipinski definition) is 1. The summed E-state index contributed by atoms with van der Waals surface area (Å²) >= 11 is 0. The quantitative estimate of drug-likeness (QED) is 0.726. The van der Waals surface area contributed by atoms with Crippen LogP contribution in [-0.4, -0.2) is 25.4 Å². The van der Waals surface area contributed by atoms with Crippen LogP contribution in [0.3, 0.4) is 0 Å². The maximum Gasteiger partial charge on any atom is 0.0679 e. The molecule has 3 heteroatoms. The minimum atomic E-state index is -0.700. The second kappa shape index (κ2) is 4.27. The van der Waals surface area contributed by atoms with Crippen LogP contribution in [-0.2, 0) is 10.8 Å². The van der Waals surface area contributed by atoms with Crippen LogP contribution in [0.4, 0.5) is 0 Å². The van der Waals surface area contributed by atoms with Crippen molar-refractivity contribution in [1.29, 1.82) is 0 Å². The fourth-order valence-corrected chi connectivity index (χ4v) is 5.18. The van der Waals surface area contributed by atoms with Crippen LogP contribution in [0.25, 0.3) is 0 Å². The minimum absolute atomic E-state index is 0.222. The van der Waals surface area contributed by atoms with Crippen molar-refractivity contribution in [3.05, 3.63) is 0 Å². The zero-order valence-electron chi connectivity index (χ0n) is 8.95. The van der Waals surface area contributed by atoms with Crippen LogP contribution in [0.1, 0.15) is 44.9 Å². The molecule has 2 aliphatic rings. The summed E-state index contributed by atoms with van der Waals surface area (Å²) in [5.41, 5.74) is -0.629. The molecule has 2 bridgehead atoms. The van der Waals surface area contributed by atoms with E-state index in [0.29, 0.717) is 25.7 Å². The van der Waals surface area contributed by atoms with E-state index in [1.807, 2.05) is 0 Å². The van der Waals surface area contributed by atoms with E-state index in [1.165, 1.54) is 6.42 Å². The lowest BCUT2D eigenvalue weighted by atomic mass is 9.82. The summed E-state index contributed by atoms with van der Waals surface area (Å²) in [7, 11) is -0.700. The summed E-state index contributed by atoms with van der Waals surface area (Å²) in [6.07, 6.45) is 11.1. The van der Waals surface area contributed by atoms with Crippen LogP contribution in [0.5, 0.6) is 0 Å². The van der Waals surface area contributed by atoms with Gasteiger partial charge in [-0.05, 0) is 32.1 Å². The molecule has 2 nitrogen and oxygen atoms in total. The first-order valence-electron chi connectivity index (χ1n) is 5.70. The van der Waals surface area contributed by atoms with Gasteiger partial charge in [-0.25, -0.2) is 0 Å². The third-order valence-corrected chi connectivity index (χ3v) is 5.78. The van der Waals surface area contributed by atoms with E-state index in [-0.39, 0.29) is 10.5 Å². The molecule has 0 spiro atoms. The molecule has 0 radical (unpaired) electrons. The van der Waals surface area contributed by atoms with Gasteiger partial charge in [-0.1, -0.05) is 6.42 Å². The summed E-state index contributed by atoms with van der Waals surface area (Å²) in [6.45, 7) is 0. The summed E-state index contributed by atoms with van der Waals surface area (Å²) in [6, 6.07) is 0. The van der Waals surface area contributed by atoms with Gasteiger partial charge in [0, 0.05) is 27.7 Å². The fourth-order valence-electron chi connectivity index (χ4n) is 2.89. The molecule has 0 aromatic carbocycles. The number of fused-ring (bicyclic) bond motifs is 2. The van der Waals surface area contributed by atoms with Crippen LogP contribution < -0.4 is 0 Å². The number of terminal acetylenes is 1. The van der Waals surface area contributed by atoms with Crippen molar-refractivity contribution in [3.63, 3.8) is 0 Å². The second-order valence-corrected chi connectivity index (χ2v) is 6.83. The van der Waals surface area contributed by atoms with Gasteiger partial charge in [0.05, 0.1) is 5.60 Å². The zero-order chi connectivity index (χ0) is 10.9. The molecular formula is C12H18O2S. The predicted molar refractivity (Wildman–Crippen MR) is 61.8 cm³/mol. The monoisotopic (exact) mass is 226 g/mol. The third-order valence-electron chi connectivity index (χ3n) is 3.66. The Hall–Kier alpha value is -0.330. The zero-order valence-corrected chi connectivity index (χ0v) is 9.76. The van der Waals surface area contributed by atoms with Gasteiger partial charge < -0.3 is 5.11 Å². The highest BCUT2D eigenvalue weighted by molar-refractivity contribution is 7.86. The van der Waals surface area contributed by atoms with E-state index < -0.39 is 16.4 Å². The molecule has 2 heterocycles. The lowest BCUT2D eigenvalue weighted by Crippen LogP contribution is -2.48. The summed E-state index contributed by atoms with van der Waals surface area (Å²) in [4.78, 5) is 0. The molecule has 2 unspecified atom stereocenters. The van der Waals surface area contributed by atoms with Crippen LogP contribution in [0, 0.1) is 12.3 Å². The molecule has 0 aromatic rings. The van der Waals surface area contributed by atoms with Gasteiger partial charge in [-0.15, -0.1) is 12.3 Å². The highest BCUT2D eigenvalue weighted by atomic mass is 32.2. The fraction of sp³-hybridized carbons (Fsp3) is 0.833. The van der Waals surface area contributed by atoms with Crippen LogP contribution >= 0.6 is 0 Å². The largest absolute Gasteiger partial charge is 0.390 e. The Morgan fingerprint density at radius 2 is 2.00 bits per heavy atom. The minimum Gasteiger partial charge on any atom is -0.390 e. The topological polar surface area (TPSA) is 37.3 Å². The van der Waals surface area contributed by atoms with E-state index in [9.17, 15) is 9.32 Å². The first-order valence-corrected chi connectivity index (χ1v) is 6.97. The van der Waals surface area contributed by atoms with E-state index in [0.717, 1.165) is 12.8 Å². The Kier molecular flexibility index (Phi) is 3.18. The van der Waals surface area contributed by atoms with E-state index in [2.05, 4.69) is 5.92 Å². The molecule has 0 aliphatic carbocycles.